The molecule has 0 saturated carbocycles. The molecule has 0 aliphatic carbocycles. The Morgan fingerprint density at radius 1 is 1.11 bits per heavy atom. The molecule has 3 rings (SSSR count). The van der Waals surface area contributed by atoms with Gasteiger partial charge in [-0.3, -0.25) is 4.79 Å². The summed E-state index contributed by atoms with van der Waals surface area (Å²) in [7, 11) is 1.82. The molecule has 5 nitrogen and oxygen atoms in total. The van der Waals surface area contributed by atoms with Gasteiger partial charge in [0.2, 0.25) is 0 Å². The van der Waals surface area contributed by atoms with Gasteiger partial charge in [0, 0.05) is 19.2 Å². The summed E-state index contributed by atoms with van der Waals surface area (Å²) < 4.78 is 8.56. The van der Waals surface area contributed by atoms with E-state index in [2.05, 4.69) is 21.0 Å². The predicted molar refractivity (Wildman–Crippen MR) is 114 cm³/mol. The number of aromatic nitrogens is 2. The van der Waals surface area contributed by atoms with E-state index in [1.165, 1.54) is 0 Å². The van der Waals surface area contributed by atoms with Crippen LogP contribution < -0.4 is 4.74 Å². The largest absolute Gasteiger partial charge is 0.494 e. The third-order valence-corrected chi connectivity index (χ3v) is 5.71. The van der Waals surface area contributed by atoms with Crippen LogP contribution in [0.2, 0.25) is 0 Å². The van der Waals surface area contributed by atoms with Crippen molar-refractivity contribution in [2.24, 2.45) is 0 Å². The minimum atomic E-state index is 0.000750. The number of nitrogens with zero attached hydrogens (tertiary/aromatic N) is 3. The minimum Gasteiger partial charge on any atom is -0.494 e. The van der Waals surface area contributed by atoms with E-state index < -0.39 is 0 Å². The minimum absolute atomic E-state index is 0.000750. The fourth-order valence-corrected chi connectivity index (χ4v) is 3.20. The topological polar surface area (TPSA) is 47.4 Å². The van der Waals surface area contributed by atoms with Crippen LogP contribution in [-0.4, -0.2) is 40.8 Å². The summed E-state index contributed by atoms with van der Waals surface area (Å²) >= 11 is 3.54. The molecular formula is C22H24BrN3O2. The fraction of sp³-hybridized carbons (Fsp3) is 0.273. The van der Waals surface area contributed by atoms with Crippen molar-refractivity contribution in [2.45, 2.75) is 20.3 Å². The highest BCUT2D eigenvalue weighted by Crippen LogP contribution is 2.23. The Morgan fingerprint density at radius 3 is 2.39 bits per heavy atom. The van der Waals surface area contributed by atoms with Crippen molar-refractivity contribution in [3.63, 3.8) is 0 Å². The van der Waals surface area contributed by atoms with E-state index in [9.17, 15) is 4.79 Å². The van der Waals surface area contributed by atoms with Crippen molar-refractivity contribution in [3.8, 4) is 11.4 Å². The first-order chi connectivity index (χ1) is 13.5. The van der Waals surface area contributed by atoms with Crippen molar-refractivity contribution in [3.05, 3.63) is 76.0 Å². The lowest BCUT2D eigenvalue weighted by Crippen LogP contribution is -2.28. The van der Waals surface area contributed by atoms with E-state index in [0.717, 1.165) is 33.7 Å². The number of benzene rings is 2. The van der Waals surface area contributed by atoms with Gasteiger partial charge in [-0.25, -0.2) is 4.68 Å². The highest BCUT2D eigenvalue weighted by molar-refractivity contribution is 9.10. The van der Waals surface area contributed by atoms with Crippen molar-refractivity contribution >= 4 is 21.8 Å². The van der Waals surface area contributed by atoms with Gasteiger partial charge in [-0.05, 0) is 72.6 Å². The summed E-state index contributed by atoms with van der Waals surface area (Å²) in [5.41, 5.74) is 3.57. The van der Waals surface area contributed by atoms with E-state index in [1.54, 1.807) is 4.90 Å². The quantitative estimate of drug-likeness (QED) is 0.495. The number of halogens is 1. The molecule has 0 saturated heterocycles. The van der Waals surface area contributed by atoms with Crippen molar-refractivity contribution in [2.75, 3.05) is 20.2 Å². The van der Waals surface area contributed by atoms with Crippen LogP contribution in [0.15, 0.2) is 59.1 Å². The molecule has 0 aliphatic heterocycles. The Morgan fingerprint density at radius 2 is 1.79 bits per heavy atom. The number of para-hydroxylation sites is 1. The zero-order valence-corrected chi connectivity index (χ0v) is 17.9. The number of ether oxygens (including phenoxy) is 1. The average molecular weight is 442 g/mol. The smallest absolute Gasteiger partial charge is 0.253 e. The van der Waals surface area contributed by atoms with Crippen LogP contribution in [-0.2, 0) is 0 Å². The summed E-state index contributed by atoms with van der Waals surface area (Å²) in [5.74, 6) is 0.851. The van der Waals surface area contributed by atoms with Gasteiger partial charge < -0.3 is 9.64 Å². The third kappa shape index (κ3) is 4.62. The molecule has 3 aromatic rings. The Hall–Kier alpha value is -2.60. The van der Waals surface area contributed by atoms with E-state index in [-0.39, 0.29) is 5.91 Å². The first-order valence-corrected chi connectivity index (χ1v) is 10.0. The number of amides is 1. The van der Waals surface area contributed by atoms with Crippen LogP contribution >= 0.6 is 15.9 Å². The summed E-state index contributed by atoms with van der Waals surface area (Å²) in [6.45, 7) is 5.18. The summed E-state index contributed by atoms with van der Waals surface area (Å²) in [5, 5.41) is 4.53. The second kappa shape index (κ2) is 9.06. The van der Waals surface area contributed by atoms with Gasteiger partial charge in [-0.2, -0.15) is 5.10 Å². The van der Waals surface area contributed by atoms with Gasteiger partial charge >= 0.3 is 0 Å². The van der Waals surface area contributed by atoms with E-state index in [1.807, 2.05) is 80.2 Å². The molecule has 0 aliphatic rings. The molecule has 0 spiro atoms. The molecule has 146 valence electrons. The van der Waals surface area contributed by atoms with Crippen molar-refractivity contribution < 1.29 is 9.53 Å². The van der Waals surface area contributed by atoms with Crippen LogP contribution in [0, 0.1) is 13.8 Å². The molecule has 0 N–H and O–H groups in total. The second-order valence-corrected chi connectivity index (χ2v) is 7.48. The molecule has 2 aromatic carbocycles. The molecular weight excluding hydrogens is 418 g/mol. The SMILES string of the molecule is Cc1nn(-c2ccc(C(=O)N(C)CCCOc3ccccc3)cc2)c(C)c1Br. The molecule has 6 heteroatoms. The lowest BCUT2D eigenvalue weighted by atomic mass is 10.2. The number of hydrogen-bond acceptors (Lipinski definition) is 3. The third-order valence-electron chi connectivity index (χ3n) is 4.56. The van der Waals surface area contributed by atoms with Crippen LogP contribution in [0.3, 0.4) is 0 Å². The van der Waals surface area contributed by atoms with Crippen molar-refractivity contribution in [1.29, 1.82) is 0 Å². The number of rotatable bonds is 7. The van der Waals surface area contributed by atoms with Gasteiger partial charge in [0.05, 0.1) is 28.2 Å². The van der Waals surface area contributed by atoms with Crippen LogP contribution in [0.5, 0.6) is 5.75 Å². The molecule has 0 atom stereocenters. The molecule has 28 heavy (non-hydrogen) atoms. The maximum absolute atomic E-state index is 12.6. The van der Waals surface area contributed by atoms with E-state index in [0.29, 0.717) is 18.7 Å². The molecule has 0 fully saturated rings. The first kappa shape index (κ1) is 20.1. The zero-order valence-electron chi connectivity index (χ0n) is 16.4. The summed E-state index contributed by atoms with van der Waals surface area (Å²) in [4.78, 5) is 14.4. The standard InChI is InChI=1S/C22H24BrN3O2/c1-16-21(23)17(2)26(24-16)19-12-10-18(11-13-19)22(27)25(3)14-7-15-28-20-8-5-4-6-9-20/h4-6,8-13H,7,14-15H2,1-3H3. The Kier molecular flexibility index (Phi) is 6.52. The summed E-state index contributed by atoms with van der Waals surface area (Å²) in [6, 6.07) is 17.2. The molecule has 1 aromatic heterocycles. The summed E-state index contributed by atoms with van der Waals surface area (Å²) in [6.07, 6.45) is 0.773. The normalized spacial score (nSPS) is 10.7. The van der Waals surface area contributed by atoms with E-state index >= 15 is 0 Å². The van der Waals surface area contributed by atoms with Gasteiger partial charge in [-0.15, -0.1) is 0 Å². The highest BCUT2D eigenvalue weighted by atomic mass is 79.9. The van der Waals surface area contributed by atoms with Crippen LogP contribution in [0.25, 0.3) is 5.69 Å². The van der Waals surface area contributed by atoms with Gasteiger partial charge in [0.15, 0.2) is 0 Å². The predicted octanol–water partition coefficient (Wildman–Crippen LogP) is 4.79. The van der Waals surface area contributed by atoms with Gasteiger partial charge in [0.1, 0.15) is 5.75 Å². The first-order valence-electron chi connectivity index (χ1n) is 9.23. The fourth-order valence-electron chi connectivity index (χ4n) is 2.95. The van der Waals surface area contributed by atoms with E-state index in [4.69, 9.17) is 4.74 Å². The molecule has 0 radical (unpaired) electrons. The van der Waals surface area contributed by atoms with Crippen LogP contribution in [0.1, 0.15) is 28.2 Å². The number of carbonyl (C=O) groups is 1. The lowest BCUT2D eigenvalue weighted by Gasteiger charge is -2.17. The second-order valence-electron chi connectivity index (χ2n) is 6.69. The molecule has 1 heterocycles. The Bertz CT molecular complexity index is 936. The zero-order chi connectivity index (χ0) is 20.1. The lowest BCUT2D eigenvalue weighted by molar-refractivity contribution is 0.0788. The maximum Gasteiger partial charge on any atom is 0.253 e. The highest BCUT2D eigenvalue weighted by Gasteiger charge is 2.13. The van der Waals surface area contributed by atoms with Gasteiger partial charge in [-0.1, -0.05) is 18.2 Å². The Labute approximate surface area is 174 Å². The monoisotopic (exact) mass is 441 g/mol. The average Bonchev–Trinajstić information content (AvgIpc) is 2.98. The van der Waals surface area contributed by atoms with Crippen molar-refractivity contribution in [1.82, 2.24) is 14.7 Å². The number of hydrogen-bond donors (Lipinski definition) is 0. The number of carbonyl (C=O) groups excluding carboxylic acids is 1. The number of aryl methyl sites for hydroxylation is 1. The molecule has 0 unspecified atom stereocenters. The van der Waals surface area contributed by atoms with Gasteiger partial charge in [0.25, 0.3) is 5.91 Å². The Balaban J connectivity index is 1.55. The van der Waals surface area contributed by atoms with Crippen LogP contribution in [0.4, 0.5) is 0 Å². The molecule has 1 amide bonds. The molecule has 0 bridgehead atoms. The maximum atomic E-state index is 12.6.